The number of hydrogen-bond acceptors (Lipinski definition) is 7. The van der Waals surface area contributed by atoms with Gasteiger partial charge in [-0.05, 0) is 12.1 Å². The molecule has 0 atom stereocenters. The fourth-order valence-electron chi connectivity index (χ4n) is 2.13. The van der Waals surface area contributed by atoms with E-state index in [1.54, 1.807) is 31.3 Å². The van der Waals surface area contributed by atoms with Crippen LogP contribution in [0.1, 0.15) is 10.5 Å². The smallest absolute Gasteiger partial charge is 0.300 e. The van der Waals surface area contributed by atoms with Gasteiger partial charge in [0.15, 0.2) is 18.2 Å². The third-order valence-electron chi connectivity index (χ3n) is 3.30. The van der Waals surface area contributed by atoms with Crippen LogP contribution < -0.4 is 15.3 Å². The number of carbonyl (C=O) groups is 1. The average Bonchev–Trinajstić information content (AvgIpc) is 2.88. The molecule has 0 radical (unpaired) electrons. The second-order valence-electron chi connectivity index (χ2n) is 4.82. The molecule has 9 heteroatoms. The highest BCUT2D eigenvalue weighted by Crippen LogP contribution is 2.19. The third-order valence-corrected chi connectivity index (χ3v) is 4.33. The van der Waals surface area contributed by atoms with Gasteiger partial charge < -0.3 is 9.63 Å². The van der Waals surface area contributed by atoms with Gasteiger partial charge in [-0.3, -0.25) is 14.2 Å². The van der Waals surface area contributed by atoms with Crippen LogP contribution in [0, 0.1) is 0 Å². The maximum absolute atomic E-state index is 12.3. The maximum Gasteiger partial charge on any atom is 0.300 e. The molecule has 0 saturated heterocycles. The van der Waals surface area contributed by atoms with Crippen LogP contribution in [-0.2, 0) is 14.1 Å². The summed E-state index contributed by atoms with van der Waals surface area (Å²) >= 11 is 1.08. The molecule has 0 fully saturated rings. The van der Waals surface area contributed by atoms with E-state index in [0.29, 0.717) is 16.1 Å². The van der Waals surface area contributed by atoms with Crippen molar-refractivity contribution in [2.75, 3.05) is 5.75 Å². The van der Waals surface area contributed by atoms with Crippen molar-refractivity contribution >= 4 is 28.4 Å². The normalized spacial score (nSPS) is 11.0. The largest absolute Gasteiger partial charge is 0.539 e. The molecule has 1 aromatic carbocycles. The van der Waals surface area contributed by atoms with Crippen molar-refractivity contribution in [2.45, 2.75) is 5.16 Å². The minimum Gasteiger partial charge on any atom is -0.539 e. The van der Waals surface area contributed by atoms with Gasteiger partial charge >= 0.3 is 0 Å². The SMILES string of the molecule is Cn1c(SCC(=O)c2c([O-])on[n+]2C)nc2ccccc2c1=O. The van der Waals surface area contributed by atoms with E-state index in [2.05, 4.69) is 14.8 Å². The van der Waals surface area contributed by atoms with E-state index in [-0.39, 0.29) is 17.0 Å². The number of nitrogens with zero attached hydrogens (tertiary/aromatic N) is 4. The summed E-state index contributed by atoms with van der Waals surface area (Å²) in [5.74, 6) is -1.27. The van der Waals surface area contributed by atoms with Gasteiger partial charge in [0.2, 0.25) is 5.78 Å². The lowest BCUT2D eigenvalue weighted by atomic mass is 10.2. The number of hydrogen-bond donors (Lipinski definition) is 0. The van der Waals surface area contributed by atoms with E-state index in [0.717, 1.165) is 16.4 Å². The summed E-state index contributed by atoms with van der Waals surface area (Å²) in [7, 11) is 3.04. The molecule has 0 aliphatic heterocycles. The van der Waals surface area contributed by atoms with Crippen LogP contribution in [0.15, 0.2) is 38.7 Å². The minimum absolute atomic E-state index is 0.0527. The van der Waals surface area contributed by atoms with Crippen LogP contribution in [0.3, 0.4) is 0 Å². The number of aryl methyl sites for hydroxylation is 1. The van der Waals surface area contributed by atoms with Crippen LogP contribution >= 0.6 is 11.8 Å². The Balaban J connectivity index is 1.89. The number of Topliss-reactive ketones (excluding diaryl/α,β-unsaturated/α-hetero) is 1. The number of ketones is 1. The minimum atomic E-state index is -0.779. The first-order chi connectivity index (χ1) is 11.0. The zero-order chi connectivity index (χ0) is 16.6. The summed E-state index contributed by atoms with van der Waals surface area (Å²) < 4.78 is 6.90. The quantitative estimate of drug-likeness (QED) is 0.282. The molecule has 0 unspecified atom stereocenters. The predicted molar refractivity (Wildman–Crippen MR) is 79.2 cm³/mol. The zero-order valence-corrected chi connectivity index (χ0v) is 13.2. The van der Waals surface area contributed by atoms with Gasteiger partial charge in [-0.25, -0.2) is 4.98 Å². The first-order valence-corrected chi connectivity index (χ1v) is 7.62. The molecule has 0 N–H and O–H groups in total. The Bertz CT molecular complexity index is 944. The summed E-state index contributed by atoms with van der Waals surface area (Å²) in [6.45, 7) is 0. The Hall–Kier alpha value is -2.68. The molecule has 2 heterocycles. The van der Waals surface area contributed by atoms with E-state index < -0.39 is 11.7 Å². The predicted octanol–water partition coefficient (Wildman–Crippen LogP) is -0.205. The van der Waals surface area contributed by atoms with E-state index in [1.807, 2.05) is 0 Å². The Kier molecular flexibility index (Phi) is 3.87. The van der Waals surface area contributed by atoms with Crippen molar-refractivity contribution in [3.05, 3.63) is 40.3 Å². The molecular formula is C14H12N4O4S. The molecule has 2 aromatic heterocycles. The highest BCUT2D eigenvalue weighted by atomic mass is 32.2. The lowest BCUT2D eigenvalue weighted by Crippen LogP contribution is -2.37. The molecule has 0 amide bonds. The van der Waals surface area contributed by atoms with Crippen LogP contribution in [0.4, 0.5) is 0 Å². The van der Waals surface area contributed by atoms with Gasteiger partial charge in [-0.2, -0.15) is 0 Å². The molecule has 0 bridgehead atoms. The van der Waals surface area contributed by atoms with E-state index in [4.69, 9.17) is 0 Å². The van der Waals surface area contributed by atoms with Crippen molar-refractivity contribution in [3.8, 4) is 5.95 Å². The summed E-state index contributed by atoms with van der Waals surface area (Å²) in [6.07, 6.45) is 0. The first kappa shape index (κ1) is 15.2. The Labute approximate surface area is 134 Å². The Morgan fingerprint density at radius 2 is 2.17 bits per heavy atom. The van der Waals surface area contributed by atoms with Gasteiger partial charge in [0, 0.05) is 7.05 Å². The topological polar surface area (TPSA) is 105 Å². The number of carbonyl (C=O) groups excluding carboxylic acids is 1. The molecule has 0 aliphatic carbocycles. The molecule has 0 spiro atoms. The molecule has 0 saturated carbocycles. The summed E-state index contributed by atoms with van der Waals surface area (Å²) in [5.41, 5.74) is 0.236. The molecule has 23 heavy (non-hydrogen) atoms. The zero-order valence-electron chi connectivity index (χ0n) is 12.3. The van der Waals surface area contributed by atoms with Gasteiger partial charge in [-0.15, -0.1) is 0 Å². The lowest BCUT2D eigenvalue weighted by Gasteiger charge is -2.07. The van der Waals surface area contributed by atoms with Crippen molar-refractivity contribution < 1.29 is 19.1 Å². The van der Waals surface area contributed by atoms with Gasteiger partial charge in [-0.1, -0.05) is 28.6 Å². The van der Waals surface area contributed by atoms with E-state index in [1.165, 1.54) is 11.6 Å². The lowest BCUT2D eigenvalue weighted by molar-refractivity contribution is -0.741. The standard InChI is InChI=1S/C14H12N4O4S/c1-17-12(20)8-5-3-4-6-9(8)15-14(17)23-7-10(19)11-13(21)22-16-18(11)2/h3-6H,7H2,1-2H3. The number of benzene rings is 1. The highest BCUT2D eigenvalue weighted by Gasteiger charge is 2.23. The fourth-order valence-corrected chi connectivity index (χ4v) is 2.97. The van der Waals surface area contributed by atoms with Crippen LogP contribution in [0.25, 0.3) is 10.9 Å². The van der Waals surface area contributed by atoms with Crippen molar-refractivity contribution in [2.24, 2.45) is 14.1 Å². The molecule has 3 rings (SSSR count). The monoisotopic (exact) mass is 332 g/mol. The molecule has 8 nitrogen and oxygen atoms in total. The second-order valence-corrected chi connectivity index (χ2v) is 5.76. The summed E-state index contributed by atoms with van der Waals surface area (Å²) in [6, 6.07) is 6.99. The molecule has 0 aliphatic rings. The van der Waals surface area contributed by atoms with Crippen molar-refractivity contribution in [1.82, 2.24) is 14.8 Å². The van der Waals surface area contributed by atoms with Crippen molar-refractivity contribution in [1.29, 1.82) is 0 Å². The molecular weight excluding hydrogens is 320 g/mol. The number of fused-ring (bicyclic) bond motifs is 1. The number of rotatable bonds is 4. The Morgan fingerprint density at radius 1 is 1.43 bits per heavy atom. The molecule has 3 aromatic rings. The van der Waals surface area contributed by atoms with Crippen LogP contribution in [0.2, 0.25) is 0 Å². The van der Waals surface area contributed by atoms with Crippen molar-refractivity contribution in [3.63, 3.8) is 0 Å². The van der Waals surface area contributed by atoms with Gasteiger partial charge in [0.05, 0.1) is 21.9 Å². The molecule has 118 valence electrons. The first-order valence-electron chi connectivity index (χ1n) is 6.64. The maximum atomic E-state index is 12.3. The van der Waals surface area contributed by atoms with Gasteiger partial charge in [0.1, 0.15) is 0 Å². The van der Waals surface area contributed by atoms with Crippen LogP contribution in [-0.4, -0.2) is 26.4 Å². The Morgan fingerprint density at radius 3 is 2.87 bits per heavy atom. The van der Waals surface area contributed by atoms with Gasteiger partial charge in [0.25, 0.3) is 11.3 Å². The van der Waals surface area contributed by atoms with E-state index >= 15 is 0 Å². The average molecular weight is 332 g/mol. The van der Waals surface area contributed by atoms with Crippen LogP contribution in [0.5, 0.6) is 5.95 Å². The highest BCUT2D eigenvalue weighted by molar-refractivity contribution is 7.99. The number of thioether (sulfide) groups is 1. The third kappa shape index (κ3) is 2.70. The second kappa shape index (κ2) is 5.84. The number of aromatic nitrogens is 4. The van der Waals surface area contributed by atoms with E-state index in [9.17, 15) is 14.7 Å². The number of para-hydroxylation sites is 1. The summed E-state index contributed by atoms with van der Waals surface area (Å²) in [5, 5.41) is 15.7. The fraction of sp³-hybridized carbons (Fsp3) is 0.214. The summed E-state index contributed by atoms with van der Waals surface area (Å²) in [4.78, 5) is 28.8.